The van der Waals surface area contributed by atoms with E-state index in [0.717, 1.165) is 16.8 Å². The fourth-order valence-electron chi connectivity index (χ4n) is 2.96. The first-order valence-electron chi connectivity index (χ1n) is 9.69. The lowest BCUT2D eigenvalue weighted by Gasteiger charge is -2.20. The molecule has 3 aromatic rings. The van der Waals surface area contributed by atoms with Crippen LogP contribution in [0, 0.1) is 0 Å². The number of anilines is 1. The van der Waals surface area contributed by atoms with Crippen LogP contribution in [0.2, 0.25) is 0 Å². The molecule has 30 heavy (non-hydrogen) atoms. The van der Waals surface area contributed by atoms with Gasteiger partial charge in [-0.3, -0.25) is 4.79 Å². The highest BCUT2D eigenvalue weighted by Crippen LogP contribution is 2.32. The predicted molar refractivity (Wildman–Crippen MR) is 117 cm³/mol. The molecule has 0 aliphatic carbocycles. The van der Waals surface area contributed by atoms with E-state index >= 15 is 0 Å². The number of hydrogen-bond acceptors (Lipinski definition) is 7. The van der Waals surface area contributed by atoms with Gasteiger partial charge in [0.05, 0.1) is 0 Å². The Morgan fingerprint density at radius 2 is 1.67 bits per heavy atom. The summed E-state index contributed by atoms with van der Waals surface area (Å²) in [4.78, 5) is 37.2. The van der Waals surface area contributed by atoms with E-state index in [-0.39, 0.29) is 23.4 Å². The zero-order valence-corrected chi connectivity index (χ0v) is 18.2. The summed E-state index contributed by atoms with van der Waals surface area (Å²) in [5, 5.41) is 5.01. The van der Waals surface area contributed by atoms with Crippen molar-refractivity contribution in [2.45, 2.75) is 39.5 Å². The van der Waals surface area contributed by atoms with E-state index in [1.807, 2.05) is 18.2 Å². The monoisotopic (exact) mass is 424 g/mol. The van der Waals surface area contributed by atoms with E-state index < -0.39 is 12.6 Å². The molecule has 0 saturated heterocycles. The maximum Gasteiger partial charge on any atom is 0.358 e. The topological polar surface area (TPSA) is 94.1 Å². The van der Waals surface area contributed by atoms with Crippen LogP contribution in [0.15, 0.2) is 42.0 Å². The average Bonchev–Trinajstić information content (AvgIpc) is 3.23. The Kier molecular flexibility index (Phi) is 6.89. The number of esters is 1. The standard InChI is InChI=1S/C22H24N4O3S/c1-13(2)15-7-5-8-16(14(3)4)19(15)26-18(27)11-29-22(28)17-12-30-21(25-17)20-23-9-6-10-24-20/h5-10,12-14H,11H2,1-4H3,(H,26,27). The number of carbonyl (C=O) groups is 2. The van der Waals surface area contributed by atoms with Crippen molar-refractivity contribution in [2.75, 3.05) is 11.9 Å². The molecule has 7 nitrogen and oxygen atoms in total. The zero-order chi connectivity index (χ0) is 21.7. The lowest BCUT2D eigenvalue weighted by Crippen LogP contribution is -2.22. The molecule has 156 valence electrons. The van der Waals surface area contributed by atoms with Gasteiger partial charge in [0, 0.05) is 23.5 Å². The minimum Gasteiger partial charge on any atom is -0.451 e. The van der Waals surface area contributed by atoms with Gasteiger partial charge in [0.25, 0.3) is 5.91 Å². The Labute approximate surface area is 179 Å². The van der Waals surface area contributed by atoms with Gasteiger partial charge in [0.1, 0.15) is 0 Å². The second-order valence-electron chi connectivity index (χ2n) is 7.36. The molecule has 1 aromatic carbocycles. The number of hydrogen-bond donors (Lipinski definition) is 1. The number of benzene rings is 1. The number of para-hydroxylation sites is 1. The number of amides is 1. The van der Waals surface area contributed by atoms with E-state index in [0.29, 0.717) is 10.8 Å². The normalized spacial score (nSPS) is 11.0. The summed E-state index contributed by atoms with van der Waals surface area (Å²) in [7, 11) is 0. The first-order valence-corrected chi connectivity index (χ1v) is 10.6. The number of nitrogens with one attached hydrogen (secondary N) is 1. The molecule has 1 N–H and O–H groups in total. The van der Waals surface area contributed by atoms with Crippen molar-refractivity contribution in [3.05, 3.63) is 58.9 Å². The molecule has 1 amide bonds. The molecule has 8 heteroatoms. The van der Waals surface area contributed by atoms with E-state index in [2.05, 4.69) is 48.0 Å². The minimum absolute atomic E-state index is 0.126. The summed E-state index contributed by atoms with van der Waals surface area (Å²) >= 11 is 1.24. The number of aromatic nitrogens is 3. The fraction of sp³-hybridized carbons (Fsp3) is 0.318. The van der Waals surface area contributed by atoms with E-state index in [9.17, 15) is 9.59 Å². The third kappa shape index (κ3) is 5.07. The maximum absolute atomic E-state index is 12.5. The lowest BCUT2D eigenvalue weighted by molar-refractivity contribution is -0.119. The molecule has 0 atom stereocenters. The number of thiazole rings is 1. The summed E-state index contributed by atoms with van der Waals surface area (Å²) in [5.41, 5.74) is 3.02. The Morgan fingerprint density at radius 1 is 1.03 bits per heavy atom. The molecule has 0 aliphatic rings. The predicted octanol–water partition coefficient (Wildman–Crippen LogP) is 4.64. The summed E-state index contributed by atoms with van der Waals surface area (Å²) in [6, 6.07) is 7.70. The van der Waals surface area contributed by atoms with Gasteiger partial charge < -0.3 is 10.1 Å². The van der Waals surface area contributed by atoms with Gasteiger partial charge >= 0.3 is 5.97 Å². The molecular weight excluding hydrogens is 400 g/mol. The SMILES string of the molecule is CC(C)c1cccc(C(C)C)c1NC(=O)COC(=O)c1csc(-c2ncccn2)n1. The average molecular weight is 425 g/mol. The molecule has 0 aliphatic heterocycles. The van der Waals surface area contributed by atoms with Crippen molar-refractivity contribution in [1.29, 1.82) is 0 Å². The van der Waals surface area contributed by atoms with Gasteiger partial charge in [-0.25, -0.2) is 19.7 Å². The Hall–Kier alpha value is -3.13. The first-order chi connectivity index (χ1) is 14.4. The molecule has 0 saturated carbocycles. The van der Waals surface area contributed by atoms with Crippen molar-refractivity contribution in [2.24, 2.45) is 0 Å². The van der Waals surface area contributed by atoms with Gasteiger partial charge in [0.15, 0.2) is 23.1 Å². The molecular formula is C22H24N4O3S. The van der Waals surface area contributed by atoms with E-state index in [1.54, 1.807) is 23.8 Å². The Balaban J connectivity index is 1.66. The van der Waals surface area contributed by atoms with Gasteiger partial charge in [-0.1, -0.05) is 45.9 Å². The second kappa shape index (κ2) is 9.58. The molecule has 2 aromatic heterocycles. The third-order valence-corrected chi connectivity index (χ3v) is 5.28. The van der Waals surface area contributed by atoms with Crippen LogP contribution >= 0.6 is 11.3 Å². The van der Waals surface area contributed by atoms with Crippen LogP contribution in [-0.2, 0) is 9.53 Å². The molecule has 0 spiro atoms. The number of nitrogens with zero attached hydrogens (tertiary/aromatic N) is 3. The van der Waals surface area contributed by atoms with Gasteiger partial charge in [-0.2, -0.15) is 0 Å². The van der Waals surface area contributed by atoms with Crippen molar-refractivity contribution in [3.63, 3.8) is 0 Å². The van der Waals surface area contributed by atoms with Crippen molar-refractivity contribution < 1.29 is 14.3 Å². The lowest BCUT2D eigenvalue weighted by atomic mass is 9.92. The fourth-order valence-corrected chi connectivity index (χ4v) is 3.69. The molecule has 0 fully saturated rings. The molecule has 0 radical (unpaired) electrons. The van der Waals surface area contributed by atoms with Crippen LogP contribution in [-0.4, -0.2) is 33.4 Å². The molecule has 0 unspecified atom stereocenters. The first kappa shape index (κ1) is 21.6. The highest BCUT2D eigenvalue weighted by molar-refractivity contribution is 7.13. The van der Waals surface area contributed by atoms with Gasteiger partial charge in [0.2, 0.25) is 0 Å². The Morgan fingerprint density at radius 3 is 2.27 bits per heavy atom. The van der Waals surface area contributed by atoms with Gasteiger partial charge in [-0.15, -0.1) is 11.3 Å². The highest BCUT2D eigenvalue weighted by atomic mass is 32.1. The minimum atomic E-state index is -0.662. The van der Waals surface area contributed by atoms with E-state index in [1.165, 1.54) is 11.3 Å². The quantitative estimate of drug-likeness (QED) is 0.555. The number of ether oxygens (including phenoxy) is 1. The van der Waals surface area contributed by atoms with Crippen molar-refractivity contribution >= 4 is 28.9 Å². The maximum atomic E-state index is 12.5. The summed E-state index contributed by atoms with van der Waals surface area (Å²) in [6.45, 7) is 7.91. The van der Waals surface area contributed by atoms with Crippen LogP contribution in [0.25, 0.3) is 10.8 Å². The van der Waals surface area contributed by atoms with E-state index in [4.69, 9.17) is 4.74 Å². The van der Waals surface area contributed by atoms with Crippen molar-refractivity contribution in [1.82, 2.24) is 15.0 Å². The molecule has 2 heterocycles. The third-order valence-electron chi connectivity index (χ3n) is 4.44. The van der Waals surface area contributed by atoms with Crippen LogP contribution in [0.5, 0.6) is 0 Å². The summed E-state index contributed by atoms with van der Waals surface area (Å²) < 4.78 is 5.16. The van der Waals surface area contributed by atoms with Crippen molar-refractivity contribution in [3.8, 4) is 10.8 Å². The zero-order valence-electron chi connectivity index (χ0n) is 17.4. The molecule has 3 rings (SSSR count). The largest absolute Gasteiger partial charge is 0.451 e. The number of rotatable bonds is 7. The smallest absolute Gasteiger partial charge is 0.358 e. The highest BCUT2D eigenvalue weighted by Gasteiger charge is 2.19. The summed E-state index contributed by atoms with van der Waals surface area (Å²) in [5.74, 6) is -0.124. The second-order valence-corrected chi connectivity index (χ2v) is 8.21. The number of carbonyl (C=O) groups excluding carboxylic acids is 2. The Bertz CT molecular complexity index is 1010. The summed E-state index contributed by atoms with van der Waals surface area (Å²) in [6.07, 6.45) is 3.21. The van der Waals surface area contributed by atoms with Crippen LogP contribution < -0.4 is 5.32 Å². The van der Waals surface area contributed by atoms with Crippen LogP contribution in [0.4, 0.5) is 5.69 Å². The van der Waals surface area contributed by atoms with Crippen LogP contribution in [0.1, 0.15) is 61.1 Å². The molecule has 0 bridgehead atoms. The van der Waals surface area contributed by atoms with Crippen LogP contribution in [0.3, 0.4) is 0 Å². The van der Waals surface area contributed by atoms with Gasteiger partial charge in [-0.05, 0) is 29.0 Å².